The number of rotatable bonds is 3. The van der Waals surface area contributed by atoms with Crippen molar-refractivity contribution in [1.82, 2.24) is 15.5 Å². The van der Waals surface area contributed by atoms with Crippen molar-refractivity contribution < 1.29 is 0 Å². The molecule has 1 fully saturated rings. The number of hydrogen-bond donors (Lipinski definition) is 1. The topological polar surface area (TPSA) is 37.8 Å². The molecule has 0 spiro atoms. The van der Waals surface area contributed by atoms with Crippen LogP contribution in [0.4, 0.5) is 0 Å². The summed E-state index contributed by atoms with van der Waals surface area (Å²) in [6.07, 6.45) is 4.00. The van der Waals surface area contributed by atoms with E-state index in [2.05, 4.69) is 29.4 Å². The predicted octanol–water partition coefficient (Wildman–Crippen LogP) is 2.76. The fraction of sp³-hybridized carbons (Fsp3) is 0.833. The molecular weight excluding hydrogens is 218 g/mol. The Labute approximate surface area is 102 Å². The summed E-state index contributed by atoms with van der Waals surface area (Å²) in [5, 5.41) is 14.0. The van der Waals surface area contributed by atoms with Gasteiger partial charge in [-0.15, -0.1) is 21.5 Å². The first-order valence-electron chi connectivity index (χ1n) is 6.16. The van der Waals surface area contributed by atoms with Crippen molar-refractivity contribution in [2.75, 3.05) is 0 Å². The molecule has 1 heterocycles. The van der Waals surface area contributed by atoms with E-state index in [1.807, 2.05) is 6.92 Å². The van der Waals surface area contributed by atoms with E-state index in [0.29, 0.717) is 6.04 Å². The minimum absolute atomic E-state index is 0.669. The van der Waals surface area contributed by atoms with Gasteiger partial charge in [-0.3, -0.25) is 0 Å². The van der Waals surface area contributed by atoms with Crippen molar-refractivity contribution in [2.24, 2.45) is 11.8 Å². The van der Waals surface area contributed by atoms with Crippen molar-refractivity contribution in [1.29, 1.82) is 0 Å². The maximum Gasteiger partial charge on any atom is 0.131 e. The van der Waals surface area contributed by atoms with E-state index in [4.69, 9.17) is 0 Å². The fourth-order valence-electron chi connectivity index (χ4n) is 2.75. The number of aryl methyl sites for hydroxylation is 1. The molecule has 1 aliphatic rings. The van der Waals surface area contributed by atoms with Gasteiger partial charge in [0.05, 0.1) is 0 Å². The molecule has 2 rings (SSSR count). The lowest BCUT2D eigenvalue weighted by Crippen LogP contribution is -2.35. The zero-order valence-corrected chi connectivity index (χ0v) is 11.2. The first-order chi connectivity index (χ1) is 7.63. The third-order valence-corrected chi connectivity index (χ3v) is 4.13. The molecule has 2 atom stereocenters. The molecule has 3 nitrogen and oxygen atoms in total. The molecule has 0 aliphatic heterocycles. The van der Waals surface area contributed by atoms with Gasteiger partial charge in [0.15, 0.2) is 0 Å². The molecule has 90 valence electrons. The highest BCUT2D eigenvalue weighted by Gasteiger charge is 2.23. The van der Waals surface area contributed by atoms with E-state index in [1.165, 1.54) is 19.3 Å². The van der Waals surface area contributed by atoms with Crippen LogP contribution in [-0.4, -0.2) is 16.2 Å². The number of hydrogen-bond acceptors (Lipinski definition) is 4. The van der Waals surface area contributed by atoms with Gasteiger partial charge in [0, 0.05) is 12.6 Å². The Balaban J connectivity index is 1.81. The summed E-state index contributed by atoms with van der Waals surface area (Å²) in [4.78, 5) is 0. The van der Waals surface area contributed by atoms with E-state index in [1.54, 1.807) is 11.3 Å². The lowest BCUT2D eigenvalue weighted by atomic mass is 9.80. The molecule has 0 saturated heterocycles. The molecule has 2 unspecified atom stereocenters. The lowest BCUT2D eigenvalue weighted by molar-refractivity contribution is 0.238. The second-order valence-corrected chi connectivity index (χ2v) is 6.48. The van der Waals surface area contributed by atoms with Gasteiger partial charge in [0.1, 0.15) is 10.0 Å². The van der Waals surface area contributed by atoms with Gasteiger partial charge < -0.3 is 5.32 Å². The average Bonchev–Trinajstić information content (AvgIpc) is 2.60. The Morgan fingerprint density at radius 3 is 2.44 bits per heavy atom. The van der Waals surface area contributed by atoms with Crippen molar-refractivity contribution in [3.8, 4) is 0 Å². The molecule has 4 heteroatoms. The largest absolute Gasteiger partial charge is 0.308 e. The molecule has 0 amide bonds. The van der Waals surface area contributed by atoms with Gasteiger partial charge >= 0.3 is 0 Å². The standard InChI is InChI=1S/C12H21N3S/c1-8-4-9(2)6-11(5-8)13-7-12-15-14-10(3)16-12/h8-9,11,13H,4-7H2,1-3H3. The van der Waals surface area contributed by atoms with E-state index in [-0.39, 0.29) is 0 Å². The van der Waals surface area contributed by atoms with Crippen LogP contribution in [0.5, 0.6) is 0 Å². The fourth-order valence-corrected chi connectivity index (χ4v) is 3.41. The van der Waals surface area contributed by atoms with Gasteiger partial charge in [-0.2, -0.15) is 0 Å². The Morgan fingerprint density at radius 2 is 1.88 bits per heavy atom. The monoisotopic (exact) mass is 239 g/mol. The zero-order valence-electron chi connectivity index (χ0n) is 10.4. The first kappa shape index (κ1) is 12.0. The number of nitrogens with zero attached hydrogens (tertiary/aromatic N) is 2. The quantitative estimate of drug-likeness (QED) is 0.881. The van der Waals surface area contributed by atoms with Crippen LogP contribution in [0.15, 0.2) is 0 Å². The minimum Gasteiger partial charge on any atom is -0.308 e. The van der Waals surface area contributed by atoms with E-state index in [9.17, 15) is 0 Å². The Morgan fingerprint density at radius 1 is 1.19 bits per heavy atom. The van der Waals surface area contributed by atoms with Crippen LogP contribution in [0.2, 0.25) is 0 Å². The van der Waals surface area contributed by atoms with Crippen LogP contribution >= 0.6 is 11.3 Å². The van der Waals surface area contributed by atoms with Crippen LogP contribution in [0.3, 0.4) is 0 Å². The summed E-state index contributed by atoms with van der Waals surface area (Å²) >= 11 is 1.69. The van der Waals surface area contributed by atoms with Gasteiger partial charge in [-0.25, -0.2) is 0 Å². The summed E-state index contributed by atoms with van der Waals surface area (Å²) in [5.41, 5.74) is 0. The predicted molar refractivity (Wildman–Crippen MR) is 67.5 cm³/mol. The molecule has 0 aromatic carbocycles. The minimum atomic E-state index is 0.669. The van der Waals surface area contributed by atoms with Crippen LogP contribution < -0.4 is 5.32 Å². The van der Waals surface area contributed by atoms with E-state index < -0.39 is 0 Å². The van der Waals surface area contributed by atoms with Gasteiger partial charge in [0.2, 0.25) is 0 Å². The molecule has 16 heavy (non-hydrogen) atoms. The third kappa shape index (κ3) is 3.25. The summed E-state index contributed by atoms with van der Waals surface area (Å²) in [6, 6.07) is 0.669. The number of aromatic nitrogens is 2. The van der Waals surface area contributed by atoms with Crippen LogP contribution in [0.25, 0.3) is 0 Å². The Bertz CT molecular complexity index is 327. The van der Waals surface area contributed by atoms with Gasteiger partial charge in [-0.1, -0.05) is 13.8 Å². The van der Waals surface area contributed by atoms with Crippen LogP contribution in [0.1, 0.15) is 43.1 Å². The van der Waals surface area contributed by atoms with Crippen molar-refractivity contribution in [2.45, 2.75) is 52.6 Å². The molecule has 1 saturated carbocycles. The average molecular weight is 239 g/mol. The Kier molecular flexibility index (Phi) is 3.92. The summed E-state index contributed by atoms with van der Waals surface area (Å²) in [7, 11) is 0. The smallest absolute Gasteiger partial charge is 0.131 e. The normalized spacial score (nSPS) is 30.6. The van der Waals surface area contributed by atoms with Crippen molar-refractivity contribution >= 4 is 11.3 Å². The Hall–Kier alpha value is -0.480. The summed E-state index contributed by atoms with van der Waals surface area (Å²) in [6.45, 7) is 7.61. The molecule has 0 bridgehead atoms. The highest BCUT2D eigenvalue weighted by Crippen LogP contribution is 2.28. The van der Waals surface area contributed by atoms with E-state index >= 15 is 0 Å². The maximum absolute atomic E-state index is 4.14. The van der Waals surface area contributed by atoms with Crippen molar-refractivity contribution in [3.63, 3.8) is 0 Å². The molecule has 0 radical (unpaired) electrons. The summed E-state index contributed by atoms with van der Waals surface area (Å²) in [5.74, 6) is 1.72. The number of nitrogens with one attached hydrogen (secondary N) is 1. The van der Waals surface area contributed by atoms with E-state index in [0.717, 1.165) is 28.4 Å². The zero-order chi connectivity index (χ0) is 11.5. The maximum atomic E-state index is 4.14. The highest BCUT2D eigenvalue weighted by molar-refractivity contribution is 7.11. The van der Waals surface area contributed by atoms with Gasteiger partial charge in [0.25, 0.3) is 0 Å². The molecule has 1 aromatic rings. The SMILES string of the molecule is Cc1nnc(CNC2CC(C)CC(C)C2)s1. The van der Waals surface area contributed by atoms with Crippen molar-refractivity contribution in [3.05, 3.63) is 10.0 Å². The third-order valence-electron chi connectivity index (χ3n) is 3.29. The molecule has 1 aliphatic carbocycles. The second-order valence-electron chi connectivity index (χ2n) is 5.21. The van der Waals surface area contributed by atoms with Crippen LogP contribution in [-0.2, 0) is 6.54 Å². The second kappa shape index (κ2) is 5.23. The molecule has 1 N–H and O–H groups in total. The molecule has 1 aromatic heterocycles. The highest BCUT2D eigenvalue weighted by atomic mass is 32.1. The lowest BCUT2D eigenvalue weighted by Gasteiger charge is -2.31. The first-order valence-corrected chi connectivity index (χ1v) is 6.97. The van der Waals surface area contributed by atoms with Gasteiger partial charge in [-0.05, 0) is 38.0 Å². The van der Waals surface area contributed by atoms with Crippen LogP contribution in [0, 0.1) is 18.8 Å². The summed E-state index contributed by atoms with van der Waals surface area (Å²) < 4.78 is 0. The molecular formula is C12H21N3S.